The maximum absolute atomic E-state index is 5.07. The van der Waals surface area contributed by atoms with Gasteiger partial charge in [-0.3, -0.25) is 0 Å². The molecule has 1 aromatic rings. The standard InChI is InChI=1S/C11H15NO/c1-4-12(5-2)10-6-8-11(13-3)9-7-10/h4,6-9H,1,5H2,2-3H3. The van der Waals surface area contributed by atoms with Crippen LogP contribution in [0.3, 0.4) is 0 Å². The van der Waals surface area contributed by atoms with E-state index in [4.69, 9.17) is 4.74 Å². The minimum atomic E-state index is 0.879. The van der Waals surface area contributed by atoms with E-state index in [-0.39, 0.29) is 0 Å². The smallest absolute Gasteiger partial charge is 0.119 e. The molecule has 0 aliphatic rings. The van der Waals surface area contributed by atoms with Crippen LogP contribution in [-0.4, -0.2) is 13.7 Å². The summed E-state index contributed by atoms with van der Waals surface area (Å²) >= 11 is 0. The summed E-state index contributed by atoms with van der Waals surface area (Å²) in [5.41, 5.74) is 1.14. The van der Waals surface area contributed by atoms with Gasteiger partial charge in [0.2, 0.25) is 0 Å². The summed E-state index contributed by atoms with van der Waals surface area (Å²) in [6, 6.07) is 7.93. The fourth-order valence-corrected chi connectivity index (χ4v) is 1.19. The summed E-state index contributed by atoms with van der Waals surface area (Å²) in [5.74, 6) is 0.879. The highest BCUT2D eigenvalue weighted by Crippen LogP contribution is 2.18. The molecule has 0 aliphatic carbocycles. The Morgan fingerprint density at radius 1 is 1.38 bits per heavy atom. The molecule has 1 rings (SSSR count). The van der Waals surface area contributed by atoms with Crippen molar-refractivity contribution >= 4 is 5.69 Å². The van der Waals surface area contributed by atoms with Crippen LogP contribution in [0.25, 0.3) is 0 Å². The molecule has 70 valence electrons. The Morgan fingerprint density at radius 2 is 2.00 bits per heavy atom. The highest BCUT2D eigenvalue weighted by molar-refractivity contribution is 5.50. The largest absolute Gasteiger partial charge is 0.497 e. The number of anilines is 1. The van der Waals surface area contributed by atoms with Crippen molar-refractivity contribution in [2.24, 2.45) is 0 Å². The lowest BCUT2D eigenvalue weighted by Gasteiger charge is -2.17. The molecule has 0 radical (unpaired) electrons. The summed E-state index contributed by atoms with van der Waals surface area (Å²) < 4.78 is 5.07. The molecule has 0 bridgehead atoms. The molecule has 2 heteroatoms. The maximum atomic E-state index is 5.07. The van der Waals surface area contributed by atoms with Gasteiger partial charge in [0.1, 0.15) is 5.75 Å². The molecule has 0 saturated carbocycles. The second-order valence-electron chi connectivity index (χ2n) is 2.67. The molecule has 1 aromatic carbocycles. The van der Waals surface area contributed by atoms with Crippen LogP contribution in [0.15, 0.2) is 37.0 Å². The number of ether oxygens (including phenoxy) is 1. The summed E-state index contributed by atoms with van der Waals surface area (Å²) in [5, 5.41) is 0. The molecule has 0 N–H and O–H groups in total. The molecule has 0 saturated heterocycles. The summed E-state index contributed by atoms with van der Waals surface area (Å²) in [6.07, 6.45) is 1.82. The lowest BCUT2D eigenvalue weighted by molar-refractivity contribution is 0.415. The molecular weight excluding hydrogens is 162 g/mol. The summed E-state index contributed by atoms with van der Waals surface area (Å²) in [7, 11) is 1.67. The maximum Gasteiger partial charge on any atom is 0.119 e. The van der Waals surface area contributed by atoms with Gasteiger partial charge in [0.05, 0.1) is 7.11 Å². The molecule has 0 aliphatic heterocycles. The van der Waals surface area contributed by atoms with Gasteiger partial charge in [-0.05, 0) is 37.4 Å². The van der Waals surface area contributed by atoms with E-state index in [1.807, 2.05) is 30.5 Å². The Bertz CT molecular complexity index is 266. The molecule has 0 unspecified atom stereocenters. The fourth-order valence-electron chi connectivity index (χ4n) is 1.19. The van der Waals surface area contributed by atoms with Crippen molar-refractivity contribution in [3.63, 3.8) is 0 Å². The predicted octanol–water partition coefficient (Wildman–Crippen LogP) is 2.67. The van der Waals surface area contributed by atoms with Crippen molar-refractivity contribution < 1.29 is 4.74 Å². The third-order valence-electron chi connectivity index (χ3n) is 1.97. The lowest BCUT2D eigenvalue weighted by Crippen LogP contribution is -2.13. The zero-order chi connectivity index (χ0) is 9.68. The molecular formula is C11H15NO. The molecule has 0 heterocycles. The normalized spacial score (nSPS) is 9.38. The monoisotopic (exact) mass is 177 g/mol. The first-order valence-electron chi connectivity index (χ1n) is 4.35. The molecule has 2 nitrogen and oxygen atoms in total. The molecule has 0 atom stereocenters. The first-order valence-corrected chi connectivity index (χ1v) is 4.35. The average molecular weight is 177 g/mol. The van der Waals surface area contributed by atoms with Gasteiger partial charge in [-0.1, -0.05) is 6.58 Å². The van der Waals surface area contributed by atoms with E-state index in [2.05, 4.69) is 18.4 Å². The van der Waals surface area contributed by atoms with E-state index in [9.17, 15) is 0 Å². The van der Waals surface area contributed by atoms with Gasteiger partial charge in [0.15, 0.2) is 0 Å². The van der Waals surface area contributed by atoms with Crippen molar-refractivity contribution in [2.45, 2.75) is 6.92 Å². The average Bonchev–Trinajstić information content (AvgIpc) is 2.21. The van der Waals surface area contributed by atoms with Gasteiger partial charge >= 0.3 is 0 Å². The van der Waals surface area contributed by atoms with Crippen molar-refractivity contribution in [1.29, 1.82) is 0 Å². The fraction of sp³-hybridized carbons (Fsp3) is 0.273. The first-order chi connectivity index (χ1) is 6.31. The van der Waals surface area contributed by atoms with Gasteiger partial charge in [0.25, 0.3) is 0 Å². The van der Waals surface area contributed by atoms with Gasteiger partial charge in [-0.25, -0.2) is 0 Å². The lowest BCUT2D eigenvalue weighted by atomic mass is 10.3. The van der Waals surface area contributed by atoms with Crippen molar-refractivity contribution in [2.75, 3.05) is 18.6 Å². The van der Waals surface area contributed by atoms with Gasteiger partial charge in [-0.15, -0.1) is 0 Å². The number of hydrogen-bond acceptors (Lipinski definition) is 2. The van der Waals surface area contributed by atoms with Gasteiger partial charge in [-0.2, -0.15) is 0 Å². The second-order valence-corrected chi connectivity index (χ2v) is 2.67. The number of methoxy groups -OCH3 is 1. The highest BCUT2D eigenvalue weighted by Gasteiger charge is 1.98. The Labute approximate surface area is 79.4 Å². The van der Waals surface area contributed by atoms with E-state index in [0.29, 0.717) is 0 Å². The van der Waals surface area contributed by atoms with Crippen LogP contribution in [0, 0.1) is 0 Å². The minimum absolute atomic E-state index is 0.879. The molecule has 0 spiro atoms. The van der Waals surface area contributed by atoms with Gasteiger partial charge < -0.3 is 9.64 Å². The summed E-state index contributed by atoms with van der Waals surface area (Å²) in [4.78, 5) is 2.07. The van der Waals surface area contributed by atoms with Crippen LogP contribution < -0.4 is 9.64 Å². The van der Waals surface area contributed by atoms with Crippen LogP contribution in [0.5, 0.6) is 5.75 Å². The Kier molecular flexibility index (Phi) is 3.38. The van der Waals surface area contributed by atoms with Crippen LogP contribution in [0.4, 0.5) is 5.69 Å². The van der Waals surface area contributed by atoms with Crippen LogP contribution in [0.1, 0.15) is 6.92 Å². The molecule has 0 amide bonds. The Hall–Kier alpha value is -1.44. The van der Waals surface area contributed by atoms with Crippen molar-refractivity contribution in [3.8, 4) is 5.75 Å². The SMILES string of the molecule is C=CN(CC)c1ccc(OC)cc1. The van der Waals surface area contributed by atoms with Crippen LogP contribution in [0.2, 0.25) is 0 Å². The van der Waals surface area contributed by atoms with E-state index in [0.717, 1.165) is 18.0 Å². The zero-order valence-electron chi connectivity index (χ0n) is 8.16. The zero-order valence-corrected chi connectivity index (χ0v) is 8.16. The predicted molar refractivity (Wildman–Crippen MR) is 56.2 cm³/mol. The van der Waals surface area contributed by atoms with Crippen LogP contribution >= 0.6 is 0 Å². The van der Waals surface area contributed by atoms with Crippen molar-refractivity contribution in [1.82, 2.24) is 0 Å². The Morgan fingerprint density at radius 3 is 2.38 bits per heavy atom. The first kappa shape index (κ1) is 9.65. The number of nitrogens with zero attached hydrogens (tertiary/aromatic N) is 1. The highest BCUT2D eigenvalue weighted by atomic mass is 16.5. The third-order valence-corrected chi connectivity index (χ3v) is 1.97. The van der Waals surface area contributed by atoms with Crippen LogP contribution in [-0.2, 0) is 0 Å². The van der Waals surface area contributed by atoms with E-state index >= 15 is 0 Å². The quantitative estimate of drug-likeness (QED) is 0.701. The van der Waals surface area contributed by atoms with Gasteiger partial charge in [0, 0.05) is 12.2 Å². The molecule has 0 fully saturated rings. The number of hydrogen-bond donors (Lipinski definition) is 0. The minimum Gasteiger partial charge on any atom is -0.497 e. The number of rotatable bonds is 4. The summed E-state index contributed by atoms with van der Waals surface area (Å²) in [6.45, 7) is 6.76. The van der Waals surface area contributed by atoms with E-state index in [1.165, 1.54) is 0 Å². The molecule has 0 aromatic heterocycles. The topological polar surface area (TPSA) is 12.5 Å². The van der Waals surface area contributed by atoms with Crippen molar-refractivity contribution in [3.05, 3.63) is 37.0 Å². The van der Waals surface area contributed by atoms with E-state index < -0.39 is 0 Å². The third kappa shape index (κ3) is 2.25. The van der Waals surface area contributed by atoms with E-state index in [1.54, 1.807) is 7.11 Å². The molecule has 13 heavy (non-hydrogen) atoms. The Balaban J connectivity index is 2.83. The number of benzene rings is 1. The second kappa shape index (κ2) is 4.55.